The number of likely N-dealkylation sites (tertiary alicyclic amines) is 1. The molecular formula is C21H25NO6S2. The Labute approximate surface area is 184 Å². The summed E-state index contributed by atoms with van der Waals surface area (Å²) in [6.45, 7) is 8.83. The second-order valence-electron chi connectivity index (χ2n) is 7.40. The van der Waals surface area contributed by atoms with Gasteiger partial charge in [-0.2, -0.15) is 0 Å². The summed E-state index contributed by atoms with van der Waals surface area (Å²) in [5, 5.41) is 9.12. The molecule has 1 aromatic rings. The van der Waals surface area contributed by atoms with Gasteiger partial charge in [0.15, 0.2) is 10.8 Å². The number of amides is 1. The van der Waals surface area contributed by atoms with Crippen molar-refractivity contribution in [1.82, 2.24) is 4.90 Å². The predicted molar refractivity (Wildman–Crippen MR) is 118 cm³/mol. The number of carboxylic acids is 1. The van der Waals surface area contributed by atoms with E-state index in [9.17, 15) is 19.5 Å². The third kappa shape index (κ3) is 5.82. The van der Waals surface area contributed by atoms with E-state index in [0.717, 1.165) is 0 Å². The van der Waals surface area contributed by atoms with Crippen LogP contribution in [0.4, 0.5) is 0 Å². The van der Waals surface area contributed by atoms with Crippen molar-refractivity contribution in [3.8, 4) is 11.5 Å². The van der Waals surface area contributed by atoms with Gasteiger partial charge >= 0.3 is 5.97 Å². The van der Waals surface area contributed by atoms with Crippen LogP contribution in [0.5, 0.6) is 11.5 Å². The van der Waals surface area contributed by atoms with Gasteiger partial charge in [0.2, 0.25) is 11.0 Å². The molecule has 1 atom stereocenters. The van der Waals surface area contributed by atoms with Crippen LogP contribution in [0.2, 0.25) is 0 Å². The van der Waals surface area contributed by atoms with Gasteiger partial charge in [-0.25, -0.2) is 4.79 Å². The second kappa shape index (κ2) is 10.1. The molecule has 0 radical (unpaired) electrons. The molecule has 1 heterocycles. The Kier molecular flexibility index (Phi) is 8.03. The van der Waals surface area contributed by atoms with Gasteiger partial charge in [-0.15, -0.1) is 18.3 Å². The van der Waals surface area contributed by atoms with Crippen LogP contribution in [-0.4, -0.2) is 45.2 Å². The maximum atomic E-state index is 12.7. The van der Waals surface area contributed by atoms with Gasteiger partial charge in [0.1, 0.15) is 11.5 Å². The van der Waals surface area contributed by atoms with Crippen molar-refractivity contribution < 1.29 is 29.0 Å². The number of hydrogen-bond acceptors (Lipinski definition) is 7. The number of carboxylic acid groups (broad SMARTS) is 1. The normalized spacial score (nSPS) is 17.0. The largest absolute Gasteiger partial charge is 0.497 e. The molecule has 1 aliphatic rings. The molecule has 162 valence electrons. The summed E-state index contributed by atoms with van der Waals surface area (Å²) in [6.07, 6.45) is 1.89. The van der Waals surface area contributed by atoms with Gasteiger partial charge in [0.05, 0.1) is 18.9 Å². The highest BCUT2D eigenvalue weighted by Crippen LogP contribution is 2.39. The molecule has 0 aliphatic carbocycles. The predicted octanol–water partition coefficient (Wildman–Crippen LogP) is 4.11. The van der Waals surface area contributed by atoms with E-state index in [1.807, 2.05) is 0 Å². The van der Waals surface area contributed by atoms with Gasteiger partial charge < -0.3 is 14.6 Å². The summed E-state index contributed by atoms with van der Waals surface area (Å²) in [4.78, 5) is 38.3. The Balaban J connectivity index is 2.48. The molecule has 9 heteroatoms. The van der Waals surface area contributed by atoms with E-state index in [0.29, 0.717) is 29.0 Å². The van der Waals surface area contributed by atoms with Crippen molar-refractivity contribution in [3.05, 3.63) is 47.7 Å². The molecule has 7 nitrogen and oxygen atoms in total. The van der Waals surface area contributed by atoms with E-state index < -0.39 is 11.4 Å². The standard InChI is InChI=1S/C21H25NO6S2/c1-6-11-29-16-12-15(23)22(16)17(18(24)25)19(30-20(26)21(2,3)4)28-14-9-7-13(27-5)8-10-14/h6-10,16H,1,11-12H2,2-5H3,(H,24,25). The molecule has 1 N–H and O–H groups in total. The minimum atomic E-state index is -1.34. The topological polar surface area (TPSA) is 93.1 Å². The summed E-state index contributed by atoms with van der Waals surface area (Å²) >= 11 is 2.08. The minimum Gasteiger partial charge on any atom is -0.497 e. The molecule has 0 spiro atoms. The molecule has 2 rings (SSSR count). The highest BCUT2D eigenvalue weighted by atomic mass is 32.2. The molecule has 0 bridgehead atoms. The zero-order valence-corrected chi connectivity index (χ0v) is 19.0. The van der Waals surface area contributed by atoms with Crippen LogP contribution < -0.4 is 9.47 Å². The highest BCUT2D eigenvalue weighted by Gasteiger charge is 2.44. The number of nitrogens with zero attached hydrogens (tertiary/aromatic N) is 1. The summed E-state index contributed by atoms with van der Waals surface area (Å²) in [5.74, 6) is -0.200. The van der Waals surface area contributed by atoms with E-state index >= 15 is 0 Å². The molecule has 0 saturated carbocycles. The van der Waals surface area contributed by atoms with E-state index in [2.05, 4.69) is 6.58 Å². The monoisotopic (exact) mass is 451 g/mol. The molecule has 30 heavy (non-hydrogen) atoms. The maximum Gasteiger partial charge on any atom is 0.357 e. The average Bonchev–Trinajstić information content (AvgIpc) is 2.68. The maximum absolute atomic E-state index is 12.7. The Morgan fingerprint density at radius 1 is 1.27 bits per heavy atom. The molecule has 1 aliphatic heterocycles. The number of β-lactam (4-membered cyclic amide) rings is 1. The average molecular weight is 452 g/mol. The molecule has 1 amide bonds. The molecule has 1 unspecified atom stereocenters. The number of carbonyl (C=O) groups excluding carboxylic acids is 2. The van der Waals surface area contributed by atoms with Gasteiger partial charge in [-0.3, -0.25) is 14.5 Å². The Morgan fingerprint density at radius 3 is 2.33 bits per heavy atom. The van der Waals surface area contributed by atoms with E-state index in [1.165, 1.54) is 23.8 Å². The number of rotatable bonds is 9. The lowest BCUT2D eigenvalue weighted by Crippen LogP contribution is -2.52. The van der Waals surface area contributed by atoms with Crippen molar-refractivity contribution >= 4 is 40.5 Å². The lowest BCUT2D eigenvalue weighted by atomic mass is 10.00. The molecule has 1 fully saturated rings. The number of hydrogen-bond donors (Lipinski definition) is 1. The van der Waals surface area contributed by atoms with Gasteiger partial charge in [0, 0.05) is 11.2 Å². The fourth-order valence-corrected chi connectivity index (χ4v) is 4.25. The first-order valence-electron chi connectivity index (χ1n) is 9.14. The molecule has 0 aromatic heterocycles. The van der Waals surface area contributed by atoms with Gasteiger partial charge in [-0.05, 0) is 36.0 Å². The lowest BCUT2D eigenvalue weighted by molar-refractivity contribution is -0.146. The first kappa shape index (κ1) is 23.9. The number of methoxy groups -OCH3 is 1. The fraction of sp³-hybridized carbons (Fsp3) is 0.381. The van der Waals surface area contributed by atoms with E-state index in [1.54, 1.807) is 51.1 Å². The Bertz CT molecular complexity index is 857. The van der Waals surface area contributed by atoms with Crippen LogP contribution in [0.1, 0.15) is 27.2 Å². The Morgan fingerprint density at radius 2 is 1.87 bits per heavy atom. The SMILES string of the molecule is C=CCSC1CC(=O)N1C(C(=O)O)=C(Oc1ccc(OC)cc1)SC(=O)C(C)(C)C. The van der Waals surface area contributed by atoms with Crippen molar-refractivity contribution in [2.24, 2.45) is 5.41 Å². The second-order valence-corrected chi connectivity index (χ2v) is 9.56. The van der Waals surface area contributed by atoms with Crippen molar-refractivity contribution in [2.75, 3.05) is 12.9 Å². The lowest BCUT2D eigenvalue weighted by Gasteiger charge is -2.40. The number of benzene rings is 1. The summed E-state index contributed by atoms with van der Waals surface area (Å²) in [7, 11) is 1.53. The first-order valence-corrected chi connectivity index (χ1v) is 11.0. The van der Waals surface area contributed by atoms with Crippen LogP contribution in [0.25, 0.3) is 0 Å². The number of carbonyl (C=O) groups is 3. The number of thioether (sulfide) groups is 2. The molecule has 1 saturated heterocycles. The zero-order chi connectivity index (χ0) is 22.5. The Hall–Kier alpha value is -2.39. The molecular weight excluding hydrogens is 426 g/mol. The van der Waals surface area contributed by atoms with Crippen molar-refractivity contribution in [3.63, 3.8) is 0 Å². The fourth-order valence-electron chi connectivity index (χ4n) is 2.36. The van der Waals surface area contributed by atoms with Crippen molar-refractivity contribution in [1.29, 1.82) is 0 Å². The zero-order valence-electron chi connectivity index (χ0n) is 17.3. The molecule has 1 aromatic carbocycles. The summed E-state index contributed by atoms with van der Waals surface area (Å²) in [6, 6.07) is 6.51. The van der Waals surface area contributed by atoms with Gasteiger partial charge in [-0.1, -0.05) is 26.8 Å². The van der Waals surface area contributed by atoms with Gasteiger partial charge in [0.25, 0.3) is 0 Å². The van der Waals surface area contributed by atoms with Crippen LogP contribution in [-0.2, 0) is 14.4 Å². The summed E-state index contributed by atoms with van der Waals surface area (Å²) < 4.78 is 10.9. The third-order valence-corrected chi connectivity index (χ3v) is 6.47. The highest BCUT2D eigenvalue weighted by molar-refractivity contribution is 8.16. The van der Waals surface area contributed by atoms with E-state index in [-0.39, 0.29) is 33.6 Å². The van der Waals surface area contributed by atoms with Crippen LogP contribution >= 0.6 is 23.5 Å². The minimum absolute atomic E-state index is 0.148. The van der Waals surface area contributed by atoms with Crippen LogP contribution in [0.15, 0.2) is 47.7 Å². The number of ether oxygens (including phenoxy) is 2. The smallest absolute Gasteiger partial charge is 0.357 e. The summed E-state index contributed by atoms with van der Waals surface area (Å²) in [5.41, 5.74) is -1.08. The van der Waals surface area contributed by atoms with Crippen LogP contribution in [0.3, 0.4) is 0 Å². The van der Waals surface area contributed by atoms with Crippen molar-refractivity contribution in [2.45, 2.75) is 32.6 Å². The third-order valence-electron chi connectivity index (χ3n) is 4.02. The van der Waals surface area contributed by atoms with E-state index in [4.69, 9.17) is 9.47 Å². The first-order chi connectivity index (χ1) is 14.1. The number of aliphatic carboxylic acids is 1. The quantitative estimate of drug-likeness (QED) is 0.259. The van der Waals surface area contributed by atoms with Crippen LogP contribution in [0, 0.1) is 5.41 Å².